The van der Waals surface area contributed by atoms with E-state index in [1.807, 2.05) is 36.4 Å². The third-order valence-electron chi connectivity index (χ3n) is 1.74. The molecule has 0 saturated heterocycles. The van der Waals surface area contributed by atoms with E-state index < -0.39 is 0 Å². The number of nitrogens with zero attached hydrogens (tertiary/aromatic N) is 1. The first kappa shape index (κ1) is 8.27. The maximum atomic E-state index is 5.98. The number of halogens is 1. The molecule has 0 aliphatic rings. The SMILES string of the molecule is Clc1cccnc1-c1c[c]ccc1. The molecule has 2 heteroatoms. The Morgan fingerprint density at radius 2 is 2.15 bits per heavy atom. The molecule has 0 atom stereocenters. The van der Waals surface area contributed by atoms with Gasteiger partial charge in [0.25, 0.3) is 0 Å². The van der Waals surface area contributed by atoms with Gasteiger partial charge in [-0.3, -0.25) is 4.98 Å². The van der Waals surface area contributed by atoms with E-state index in [0.29, 0.717) is 5.02 Å². The van der Waals surface area contributed by atoms with Crippen molar-refractivity contribution in [3.05, 3.63) is 53.7 Å². The monoisotopic (exact) mass is 188 g/mol. The summed E-state index contributed by atoms with van der Waals surface area (Å²) in [6, 6.07) is 14.2. The van der Waals surface area contributed by atoms with Gasteiger partial charge in [0.15, 0.2) is 0 Å². The topological polar surface area (TPSA) is 12.9 Å². The Morgan fingerprint density at radius 3 is 2.85 bits per heavy atom. The van der Waals surface area contributed by atoms with Crippen LogP contribution in [0.15, 0.2) is 42.6 Å². The van der Waals surface area contributed by atoms with Crippen molar-refractivity contribution in [3.8, 4) is 11.3 Å². The molecular weight excluding hydrogens is 182 g/mol. The van der Waals surface area contributed by atoms with Gasteiger partial charge in [-0.1, -0.05) is 29.8 Å². The first-order valence-corrected chi connectivity index (χ1v) is 4.33. The highest BCUT2D eigenvalue weighted by molar-refractivity contribution is 6.32. The Morgan fingerprint density at radius 1 is 1.23 bits per heavy atom. The lowest BCUT2D eigenvalue weighted by atomic mass is 10.1. The number of pyridine rings is 1. The van der Waals surface area contributed by atoms with Gasteiger partial charge in [0, 0.05) is 11.8 Å². The average Bonchev–Trinajstić information content (AvgIpc) is 2.20. The summed E-state index contributed by atoms with van der Waals surface area (Å²) >= 11 is 5.98. The highest BCUT2D eigenvalue weighted by atomic mass is 35.5. The quantitative estimate of drug-likeness (QED) is 0.670. The number of aromatic nitrogens is 1. The van der Waals surface area contributed by atoms with Gasteiger partial charge >= 0.3 is 0 Å². The Bertz CT molecular complexity index is 398. The average molecular weight is 189 g/mol. The molecule has 0 saturated carbocycles. The summed E-state index contributed by atoms with van der Waals surface area (Å²) in [7, 11) is 0. The maximum absolute atomic E-state index is 5.98. The second kappa shape index (κ2) is 3.58. The summed E-state index contributed by atoms with van der Waals surface area (Å²) < 4.78 is 0. The fraction of sp³-hybridized carbons (Fsp3) is 0. The normalized spacial score (nSPS) is 9.92. The van der Waals surface area contributed by atoms with E-state index in [4.69, 9.17) is 11.6 Å². The van der Waals surface area contributed by atoms with Crippen molar-refractivity contribution in [3.63, 3.8) is 0 Å². The molecule has 0 aliphatic carbocycles. The van der Waals surface area contributed by atoms with Crippen LogP contribution in [0.3, 0.4) is 0 Å². The standard InChI is InChI=1S/C11H7ClN/c12-10-7-4-8-13-11(10)9-5-2-1-3-6-9/h1-2,4-8H. The number of rotatable bonds is 1. The highest BCUT2D eigenvalue weighted by Crippen LogP contribution is 2.23. The molecule has 0 fully saturated rings. The highest BCUT2D eigenvalue weighted by Gasteiger charge is 2.01. The lowest BCUT2D eigenvalue weighted by Gasteiger charge is -2.01. The Hall–Kier alpha value is -1.34. The summed E-state index contributed by atoms with van der Waals surface area (Å²) in [5.74, 6) is 0. The Balaban J connectivity index is 2.54. The van der Waals surface area contributed by atoms with Crippen LogP contribution in [-0.4, -0.2) is 4.98 Å². The molecule has 2 rings (SSSR count). The van der Waals surface area contributed by atoms with Crippen LogP contribution in [0.1, 0.15) is 0 Å². The minimum Gasteiger partial charge on any atom is -0.255 e. The van der Waals surface area contributed by atoms with Crippen molar-refractivity contribution in [1.29, 1.82) is 0 Å². The maximum Gasteiger partial charge on any atom is 0.0888 e. The lowest BCUT2D eigenvalue weighted by molar-refractivity contribution is 1.33. The summed E-state index contributed by atoms with van der Waals surface area (Å²) in [5, 5.41) is 0.669. The molecule has 0 aliphatic heterocycles. The minimum atomic E-state index is 0.669. The van der Waals surface area contributed by atoms with E-state index in [2.05, 4.69) is 11.1 Å². The molecule has 63 valence electrons. The largest absolute Gasteiger partial charge is 0.255 e. The molecular formula is C11H7ClN. The zero-order valence-corrected chi connectivity index (χ0v) is 7.62. The van der Waals surface area contributed by atoms with E-state index >= 15 is 0 Å². The van der Waals surface area contributed by atoms with E-state index in [1.165, 1.54) is 0 Å². The molecule has 2 aromatic rings. The molecule has 1 radical (unpaired) electrons. The van der Waals surface area contributed by atoms with Crippen LogP contribution < -0.4 is 0 Å². The van der Waals surface area contributed by atoms with Gasteiger partial charge in [0.1, 0.15) is 0 Å². The third-order valence-corrected chi connectivity index (χ3v) is 2.04. The summed E-state index contributed by atoms with van der Waals surface area (Å²) in [4.78, 5) is 4.20. The van der Waals surface area contributed by atoms with Gasteiger partial charge in [0.05, 0.1) is 10.7 Å². The lowest BCUT2D eigenvalue weighted by Crippen LogP contribution is -1.82. The van der Waals surface area contributed by atoms with Crippen LogP contribution in [-0.2, 0) is 0 Å². The molecule has 1 heterocycles. The van der Waals surface area contributed by atoms with E-state index in [9.17, 15) is 0 Å². The first-order chi connectivity index (χ1) is 6.38. The zero-order chi connectivity index (χ0) is 9.10. The Kier molecular flexibility index (Phi) is 2.28. The summed E-state index contributed by atoms with van der Waals surface area (Å²) in [5.41, 5.74) is 1.80. The van der Waals surface area contributed by atoms with Crippen LogP contribution in [0, 0.1) is 6.07 Å². The minimum absolute atomic E-state index is 0.669. The second-order valence-corrected chi connectivity index (χ2v) is 3.03. The molecule has 0 N–H and O–H groups in total. The van der Waals surface area contributed by atoms with Gasteiger partial charge in [-0.2, -0.15) is 0 Å². The molecule has 0 spiro atoms. The molecule has 1 aromatic heterocycles. The molecule has 1 aromatic carbocycles. The molecule has 1 nitrogen and oxygen atoms in total. The summed E-state index contributed by atoms with van der Waals surface area (Å²) in [6.45, 7) is 0. The van der Waals surface area contributed by atoms with Crippen LogP contribution in [0.5, 0.6) is 0 Å². The van der Waals surface area contributed by atoms with Crippen molar-refractivity contribution in [2.75, 3.05) is 0 Å². The van der Waals surface area contributed by atoms with Crippen LogP contribution in [0.2, 0.25) is 5.02 Å². The third kappa shape index (κ3) is 1.70. The molecule has 0 bridgehead atoms. The van der Waals surface area contributed by atoms with Gasteiger partial charge < -0.3 is 0 Å². The van der Waals surface area contributed by atoms with Crippen molar-refractivity contribution < 1.29 is 0 Å². The van der Waals surface area contributed by atoms with Crippen LogP contribution in [0.25, 0.3) is 11.3 Å². The van der Waals surface area contributed by atoms with E-state index in [1.54, 1.807) is 6.20 Å². The van der Waals surface area contributed by atoms with Gasteiger partial charge in [0.2, 0.25) is 0 Å². The second-order valence-electron chi connectivity index (χ2n) is 2.63. The number of hydrogen-bond acceptors (Lipinski definition) is 1. The van der Waals surface area contributed by atoms with Gasteiger partial charge in [-0.05, 0) is 24.3 Å². The fourth-order valence-electron chi connectivity index (χ4n) is 1.14. The van der Waals surface area contributed by atoms with Crippen LogP contribution in [0.4, 0.5) is 0 Å². The van der Waals surface area contributed by atoms with Crippen molar-refractivity contribution in [2.45, 2.75) is 0 Å². The summed E-state index contributed by atoms with van der Waals surface area (Å²) in [6.07, 6.45) is 1.73. The van der Waals surface area contributed by atoms with Gasteiger partial charge in [-0.15, -0.1) is 0 Å². The zero-order valence-electron chi connectivity index (χ0n) is 6.87. The van der Waals surface area contributed by atoms with Crippen molar-refractivity contribution in [2.24, 2.45) is 0 Å². The predicted molar refractivity (Wildman–Crippen MR) is 53.5 cm³/mol. The van der Waals surface area contributed by atoms with Crippen LogP contribution >= 0.6 is 11.6 Å². The van der Waals surface area contributed by atoms with E-state index in [0.717, 1.165) is 11.3 Å². The predicted octanol–water partition coefficient (Wildman–Crippen LogP) is 3.20. The molecule has 0 amide bonds. The van der Waals surface area contributed by atoms with Gasteiger partial charge in [-0.25, -0.2) is 0 Å². The molecule has 13 heavy (non-hydrogen) atoms. The number of benzene rings is 1. The fourth-order valence-corrected chi connectivity index (χ4v) is 1.37. The Labute approximate surface area is 82.0 Å². The smallest absolute Gasteiger partial charge is 0.0888 e. The van der Waals surface area contributed by atoms with E-state index in [-0.39, 0.29) is 0 Å². The van der Waals surface area contributed by atoms with Crippen molar-refractivity contribution >= 4 is 11.6 Å². The number of hydrogen-bond donors (Lipinski definition) is 0. The first-order valence-electron chi connectivity index (χ1n) is 3.95. The molecule has 0 unspecified atom stereocenters. The van der Waals surface area contributed by atoms with Crippen molar-refractivity contribution in [1.82, 2.24) is 4.98 Å².